The minimum atomic E-state index is -1.15. The van der Waals surface area contributed by atoms with Crippen LogP contribution in [-0.2, 0) is 22.4 Å². The van der Waals surface area contributed by atoms with Crippen LogP contribution in [0.4, 0.5) is 0 Å². The van der Waals surface area contributed by atoms with E-state index >= 15 is 0 Å². The first-order valence-corrected chi connectivity index (χ1v) is 10.5. The van der Waals surface area contributed by atoms with Crippen molar-refractivity contribution in [1.82, 2.24) is 10.3 Å². The third kappa shape index (κ3) is 4.19. The third-order valence-electron chi connectivity index (χ3n) is 5.94. The van der Waals surface area contributed by atoms with Gasteiger partial charge in [-0.3, -0.25) is 4.79 Å². The summed E-state index contributed by atoms with van der Waals surface area (Å²) in [5.74, 6) is -1.13. The van der Waals surface area contributed by atoms with Gasteiger partial charge >= 0.3 is 11.6 Å². The van der Waals surface area contributed by atoms with E-state index in [-0.39, 0.29) is 18.4 Å². The molecule has 1 amide bonds. The fraction of sp³-hybridized carbons (Fsp3) is 0.240. The number of aromatic amines is 1. The van der Waals surface area contributed by atoms with Gasteiger partial charge in [0.25, 0.3) is 0 Å². The Morgan fingerprint density at radius 3 is 2.61 bits per heavy atom. The molecule has 0 radical (unpaired) electrons. The Morgan fingerprint density at radius 2 is 1.88 bits per heavy atom. The Labute approximate surface area is 189 Å². The lowest BCUT2D eigenvalue weighted by Gasteiger charge is -2.15. The van der Waals surface area contributed by atoms with Gasteiger partial charge in [0.15, 0.2) is 0 Å². The molecule has 1 atom stereocenters. The number of para-hydroxylation sites is 1. The van der Waals surface area contributed by atoms with Crippen molar-refractivity contribution in [2.24, 2.45) is 0 Å². The Hall–Kier alpha value is -4.07. The maximum absolute atomic E-state index is 12.7. The molecule has 2 aromatic carbocycles. The Balaban J connectivity index is 1.58. The average Bonchev–Trinajstić information content (AvgIpc) is 3.20. The van der Waals surface area contributed by atoms with E-state index in [2.05, 4.69) is 10.3 Å². The van der Waals surface area contributed by atoms with E-state index in [9.17, 15) is 19.5 Å². The summed E-state index contributed by atoms with van der Waals surface area (Å²) < 4.78 is 10.8. The van der Waals surface area contributed by atoms with Crippen molar-refractivity contribution in [3.05, 3.63) is 75.3 Å². The van der Waals surface area contributed by atoms with Crippen molar-refractivity contribution in [2.75, 3.05) is 7.11 Å². The van der Waals surface area contributed by atoms with Crippen LogP contribution in [0.1, 0.15) is 22.3 Å². The van der Waals surface area contributed by atoms with Crippen LogP contribution in [0.25, 0.3) is 21.9 Å². The molecular weight excluding hydrogens is 424 g/mol. The van der Waals surface area contributed by atoms with Gasteiger partial charge in [-0.05, 0) is 43.2 Å². The molecule has 4 aromatic rings. The number of H-pyrrole nitrogens is 1. The van der Waals surface area contributed by atoms with Gasteiger partial charge in [0.2, 0.25) is 5.91 Å². The number of aryl methyl sites for hydroxylation is 2. The Bertz CT molecular complexity index is 1430. The first-order chi connectivity index (χ1) is 15.8. The number of carboxylic acid groups (broad SMARTS) is 1. The number of rotatable bonds is 7. The minimum absolute atomic E-state index is 0.107. The normalized spacial score (nSPS) is 12.1. The molecule has 0 saturated carbocycles. The van der Waals surface area contributed by atoms with Crippen LogP contribution in [0.15, 0.2) is 51.8 Å². The maximum Gasteiger partial charge on any atom is 0.340 e. The highest BCUT2D eigenvalue weighted by molar-refractivity contribution is 5.89. The molecule has 0 saturated heterocycles. The summed E-state index contributed by atoms with van der Waals surface area (Å²) >= 11 is 0. The second-order valence-corrected chi connectivity index (χ2v) is 7.96. The lowest BCUT2D eigenvalue weighted by Crippen LogP contribution is -2.43. The number of fused-ring (bicyclic) bond motifs is 2. The number of amides is 1. The van der Waals surface area contributed by atoms with Crippen molar-refractivity contribution >= 4 is 33.7 Å². The summed E-state index contributed by atoms with van der Waals surface area (Å²) in [7, 11) is 1.53. The molecule has 1 unspecified atom stereocenters. The molecule has 0 aliphatic carbocycles. The number of methoxy groups -OCH3 is 1. The number of nitrogens with one attached hydrogen (secondary N) is 2. The predicted octanol–water partition coefficient (Wildman–Crippen LogP) is 3.25. The second kappa shape index (κ2) is 8.82. The van der Waals surface area contributed by atoms with E-state index in [0.717, 1.165) is 16.5 Å². The van der Waals surface area contributed by atoms with Crippen molar-refractivity contribution in [1.29, 1.82) is 0 Å². The molecule has 33 heavy (non-hydrogen) atoms. The number of carbonyl (C=O) groups excluding carboxylic acids is 1. The van der Waals surface area contributed by atoms with Gasteiger partial charge in [-0.15, -0.1) is 0 Å². The molecule has 8 nitrogen and oxygen atoms in total. The summed E-state index contributed by atoms with van der Waals surface area (Å²) in [5, 5.41) is 13.8. The van der Waals surface area contributed by atoms with Crippen LogP contribution in [0, 0.1) is 13.8 Å². The molecule has 170 valence electrons. The highest BCUT2D eigenvalue weighted by Crippen LogP contribution is 2.29. The second-order valence-electron chi connectivity index (χ2n) is 7.96. The fourth-order valence-corrected chi connectivity index (χ4v) is 4.12. The van der Waals surface area contributed by atoms with E-state index in [1.807, 2.05) is 24.3 Å². The smallest absolute Gasteiger partial charge is 0.340 e. The molecule has 0 aliphatic rings. The van der Waals surface area contributed by atoms with Gasteiger partial charge in [0.1, 0.15) is 17.4 Å². The molecule has 0 spiro atoms. The molecule has 2 aromatic heterocycles. The van der Waals surface area contributed by atoms with Crippen molar-refractivity contribution in [3.8, 4) is 5.75 Å². The van der Waals surface area contributed by atoms with Crippen LogP contribution in [0.2, 0.25) is 0 Å². The number of aromatic nitrogens is 1. The van der Waals surface area contributed by atoms with Crippen LogP contribution < -0.4 is 15.7 Å². The summed E-state index contributed by atoms with van der Waals surface area (Å²) in [6, 6.07) is 9.94. The zero-order valence-electron chi connectivity index (χ0n) is 18.5. The van der Waals surface area contributed by atoms with Crippen LogP contribution in [-0.4, -0.2) is 35.1 Å². The molecule has 3 N–H and O–H groups in total. The van der Waals surface area contributed by atoms with Gasteiger partial charge in [-0.25, -0.2) is 9.59 Å². The quantitative estimate of drug-likeness (QED) is 0.373. The SMILES string of the molecule is COc1ccc2c(C)c(CC(=O)NC(Cc3c[nH]c4ccccc34)C(=O)O)c(=O)oc2c1C. The number of carboxylic acids is 1. The van der Waals surface area contributed by atoms with E-state index in [1.165, 1.54) is 7.11 Å². The first-order valence-electron chi connectivity index (χ1n) is 10.5. The minimum Gasteiger partial charge on any atom is -0.496 e. The van der Waals surface area contributed by atoms with E-state index < -0.39 is 23.5 Å². The van der Waals surface area contributed by atoms with Crippen LogP contribution >= 0.6 is 0 Å². The fourth-order valence-electron chi connectivity index (χ4n) is 4.12. The third-order valence-corrected chi connectivity index (χ3v) is 5.94. The van der Waals surface area contributed by atoms with Gasteiger partial charge < -0.3 is 24.6 Å². The topological polar surface area (TPSA) is 122 Å². The largest absolute Gasteiger partial charge is 0.496 e. The van der Waals surface area contributed by atoms with Crippen LogP contribution in [0.3, 0.4) is 0 Å². The highest BCUT2D eigenvalue weighted by Gasteiger charge is 2.24. The lowest BCUT2D eigenvalue weighted by atomic mass is 10.0. The molecular formula is C25H24N2O6. The molecule has 4 rings (SSSR count). The molecule has 8 heteroatoms. The highest BCUT2D eigenvalue weighted by atomic mass is 16.5. The first kappa shape index (κ1) is 22.1. The average molecular weight is 448 g/mol. The van der Waals surface area contributed by atoms with Gasteiger partial charge in [-0.1, -0.05) is 18.2 Å². The zero-order chi connectivity index (χ0) is 23.7. The zero-order valence-corrected chi connectivity index (χ0v) is 18.5. The number of ether oxygens (including phenoxy) is 1. The number of hydrogen-bond acceptors (Lipinski definition) is 5. The molecule has 0 bridgehead atoms. The summed E-state index contributed by atoms with van der Waals surface area (Å²) in [4.78, 5) is 40.3. The number of hydrogen-bond donors (Lipinski definition) is 3. The summed E-state index contributed by atoms with van der Waals surface area (Å²) in [5.41, 5.74) is 2.95. The number of carbonyl (C=O) groups is 2. The standard InChI is InChI=1S/C25H24N2O6/c1-13-16-8-9-21(32-3)14(2)23(16)33-25(31)18(13)11-22(28)27-20(24(29)30)10-15-12-26-19-7-5-4-6-17(15)19/h4-9,12,20,26H,10-11H2,1-3H3,(H,27,28)(H,29,30). The van der Waals surface area contributed by atoms with Crippen LogP contribution in [0.5, 0.6) is 5.75 Å². The molecule has 2 heterocycles. The monoisotopic (exact) mass is 448 g/mol. The van der Waals surface area contributed by atoms with Crippen molar-refractivity contribution in [3.63, 3.8) is 0 Å². The maximum atomic E-state index is 12.7. The number of benzene rings is 2. The van der Waals surface area contributed by atoms with Crippen molar-refractivity contribution in [2.45, 2.75) is 32.7 Å². The summed E-state index contributed by atoms with van der Waals surface area (Å²) in [6.45, 7) is 3.53. The predicted molar refractivity (Wildman–Crippen MR) is 124 cm³/mol. The van der Waals surface area contributed by atoms with E-state index in [4.69, 9.17) is 9.15 Å². The van der Waals surface area contributed by atoms with Gasteiger partial charge in [-0.2, -0.15) is 0 Å². The Kier molecular flexibility index (Phi) is 5.91. The Morgan fingerprint density at radius 1 is 1.12 bits per heavy atom. The van der Waals surface area contributed by atoms with Gasteiger partial charge in [0.05, 0.1) is 19.1 Å². The van der Waals surface area contributed by atoms with E-state index in [1.54, 1.807) is 32.2 Å². The molecule has 0 fully saturated rings. The van der Waals surface area contributed by atoms with Crippen molar-refractivity contribution < 1.29 is 23.8 Å². The summed E-state index contributed by atoms with van der Waals surface area (Å²) in [6.07, 6.45) is 1.56. The lowest BCUT2D eigenvalue weighted by molar-refractivity contribution is -0.141. The van der Waals surface area contributed by atoms with Gasteiger partial charge in [0, 0.05) is 34.5 Å². The van der Waals surface area contributed by atoms with E-state index in [0.29, 0.717) is 27.8 Å². The number of aliphatic carboxylic acids is 1. The molecule has 0 aliphatic heterocycles.